The molecule has 5 heteroatoms. The lowest BCUT2D eigenvalue weighted by Crippen LogP contribution is -2.42. The molecule has 0 rings (SSSR count). The summed E-state index contributed by atoms with van der Waals surface area (Å²) in [4.78, 5) is 11.3. The molecule has 0 bridgehead atoms. The molecule has 0 aromatic carbocycles. The molecule has 0 radical (unpaired) electrons. The fourth-order valence-corrected chi connectivity index (χ4v) is 3.60. The van der Waals surface area contributed by atoms with E-state index in [0.717, 1.165) is 31.7 Å². The van der Waals surface area contributed by atoms with Crippen molar-refractivity contribution in [1.29, 1.82) is 0 Å². The number of carbonyl (C=O) groups is 1. The maximum atomic E-state index is 11.3. The van der Waals surface area contributed by atoms with Gasteiger partial charge in [-0.25, -0.2) is 0 Å². The number of Topliss-reactive ketones (excluding diaryl/α,β-unsaturated/α-hetero) is 1. The van der Waals surface area contributed by atoms with Crippen LogP contribution in [0, 0.1) is 0 Å². The third-order valence-electron chi connectivity index (χ3n) is 2.90. The molecule has 0 saturated carbocycles. The van der Waals surface area contributed by atoms with Gasteiger partial charge in [0, 0.05) is 40.2 Å². The van der Waals surface area contributed by atoms with Gasteiger partial charge in [-0.2, -0.15) is 0 Å². The minimum absolute atomic E-state index is 0.376. The minimum atomic E-state index is -2.39. The Hall–Kier alpha value is -0.233. The first-order chi connectivity index (χ1) is 8.14. The zero-order valence-electron chi connectivity index (χ0n) is 11.6. The fraction of sp³-hybridized carbons (Fsp3) is 0.917. The van der Waals surface area contributed by atoms with E-state index in [9.17, 15) is 4.79 Å². The van der Waals surface area contributed by atoms with Crippen LogP contribution in [0.3, 0.4) is 0 Å². The standard InChI is InChI=1S/C12H26O4Si/c1-5-9-12(13)10-7-6-8-11-17(14-2,15-3)16-4/h5-11H2,1-4H3. The predicted octanol–water partition coefficient (Wildman–Crippen LogP) is 2.79. The van der Waals surface area contributed by atoms with Crippen LogP contribution in [0.5, 0.6) is 0 Å². The van der Waals surface area contributed by atoms with Crippen LogP contribution >= 0.6 is 0 Å². The number of carbonyl (C=O) groups excluding carboxylic acids is 1. The van der Waals surface area contributed by atoms with Crippen LogP contribution in [0.25, 0.3) is 0 Å². The molecule has 0 aliphatic heterocycles. The lowest BCUT2D eigenvalue weighted by Gasteiger charge is -2.24. The molecule has 0 spiro atoms. The minimum Gasteiger partial charge on any atom is -0.377 e. The van der Waals surface area contributed by atoms with Crippen molar-refractivity contribution in [2.45, 2.75) is 51.5 Å². The lowest BCUT2D eigenvalue weighted by atomic mass is 10.1. The van der Waals surface area contributed by atoms with Crippen molar-refractivity contribution in [1.82, 2.24) is 0 Å². The van der Waals surface area contributed by atoms with E-state index < -0.39 is 8.80 Å². The Morgan fingerprint density at radius 1 is 0.941 bits per heavy atom. The van der Waals surface area contributed by atoms with Crippen molar-refractivity contribution in [3.8, 4) is 0 Å². The van der Waals surface area contributed by atoms with Gasteiger partial charge in [-0.15, -0.1) is 0 Å². The van der Waals surface area contributed by atoms with Crippen molar-refractivity contribution in [3.63, 3.8) is 0 Å². The van der Waals surface area contributed by atoms with Crippen LogP contribution in [0.1, 0.15) is 45.4 Å². The topological polar surface area (TPSA) is 44.8 Å². The molecular weight excluding hydrogens is 236 g/mol. The van der Waals surface area contributed by atoms with E-state index in [1.807, 2.05) is 6.92 Å². The zero-order chi connectivity index (χ0) is 13.1. The van der Waals surface area contributed by atoms with Crippen LogP contribution < -0.4 is 0 Å². The monoisotopic (exact) mass is 262 g/mol. The van der Waals surface area contributed by atoms with E-state index in [1.165, 1.54) is 0 Å². The van der Waals surface area contributed by atoms with Gasteiger partial charge < -0.3 is 13.3 Å². The average molecular weight is 262 g/mol. The van der Waals surface area contributed by atoms with Crippen molar-refractivity contribution in [3.05, 3.63) is 0 Å². The molecule has 0 atom stereocenters. The van der Waals surface area contributed by atoms with Gasteiger partial charge >= 0.3 is 8.80 Å². The maximum absolute atomic E-state index is 11.3. The average Bonchev–Trinajstić information content (AvgIpc) is 2.35. The van der Waals surface area contributed by atoms with E-state index in [-0.39, 0.29) is 0 Å². The molecule has 0 amide bonds. The van der Waals surface area contributed by atoms with E-state index >= 15 is 0 Å². The van der Waals surface area contributed by atoms with Crippen molar-refractivity contribution in [2.75, 3.05) is 21.3 Å². The summed E-state index contributed by atoms with van der Waals surface area (Å²) in [5, 5.41) is 0. The van der Waals surface area contributed by atoms with Crippen LogP contribution in [0.4, 0.5) is 0 Å². The first-order valence-corrected chi connectivity index (χ1v) is 8.24. The lowest BCUT2D eigenvalue weighted by molar-refractivity contribution is -0.119. The first-order valence-electron chi connectivity index (χ1n) is 6.31. The summed E-state index contributed by atoms with van der Waals surface area (Å²) >= 11 is 0. The first kappa shape index (κ1) is 16.8. The highest BCUT2D eigenvalue weighted by Crippen LogP contribution is 2.17. The van der Waals surface area contributed by atoms with Crippen LogP contribution in [-0.2, 0) is 18.1 Å². The molecule has 0 N–H and O–H groups in total. The van der Waals surface area contributed by atoms with E-state index in [0.29, 0.717) is 18.6 Å². The van der Waals surface area contributed by atoms with E-state index in [2.05, 4.69) is 0 Å². The summed E-state index contributed by atoms with van der Waals surface area (Å²) < 4.78 is 16.0. The molecule has 0 heterocycles. The zero-order valence-corrected chi connectivity index (χ0v) is 12.6. The van der Waals surface area contributed by atoms with Crippen LogP contribution in [0.15, 0.2) is 0 Å². The molecule has 0 fully saturated rings. The van der Waals surface area contributed by atoms with E-state index in [4.69, 9.17) is 13.3 Å². The Balaban J connectivity index is 3.65. The van der Waals surface area contributed by atoms with Gasteiger partial charge in [0.15, 0.2) is 0 Å². The van der Waals surface area contributed by atoms with Gasteiger partial charge in [-0.05, 0) is 19.3 Å². The third-order valence-corrected chi connectivity index (χ3v) is 5.73. The van der Waals surface area contributed by atoms with Gasteiger partial charge in [0.2, 0.25) is 0 Å². The Morgan fingerprint density at radius 3 is 2.00 bits per heavy atom. The smallest absolute Gasteiger partial charge is 0.377 e. The highest BCUT2D eigenvalue weighted by Gasteiger charge is 2.36. The second-order valence-corrected chi connectivity index (χ2v) is 7.24. The molecule has 0 saturated heterocycles. The van der Waals surface area contributed by atoms with Gasteiger partial charge in [0.1, 0.15) is 5.78 Å². The Kier molecular flexibility index (Phi) is 9.63. The number of hydrogen-bond donors (Lipinski definition) is 0. The highest BCUT2D eigenvalue weighted by molar-refractivity contribution is 6.60. The second kappa shape index (κ2) is 9.76. The molecule has 0 aliphatic carbocycles. The molecule has 0 aromatic heterocycles. The quantitative estimate of drug-likeness (QED) is 0.424. The number of hydrogen-bond acceptors (Lipinski definition) is 4. The predicted molar refractivity (Wildman–Crippen MR) is 70.0 cm³/mol. The molecule has 0 unspecified atom stereocenters. The Labute approximate surface area is 106 Å². The Bertz CT molecular complexity index is 196. The summed E-state index contributed by atoms with van der Waals surface area (Å²) in [7, 11) is 2.49. The van der Waals surface area contributed by atoms with Crippen LogP contribution in [0.2, 0.25) is 6.04 Å². The SMILES string of the molecule is CCCC(=O)CCCCC[Si](OC)(OC)OC. The number of unbranched alkanes of at least 4 members (excludes halogenated alkanes) is 2. The molecule has 4 nitrogen and oxygen atoms in total. The van der Waals surface area contributed by atoms with Crippen molar-refractivity contribution in [2.24, 2.45) is 0 Å². The van der Waals surface area contributed by atoms with Gasteiger partial charge in [0.25, 0.3) is 0 Å². The summed E-state index contributed by atoms with van der Waals surface area (Å²) in [6.45, 7) is 2.04. The third kappa shape index (κ3) is 6.93. The van der Waals surface area contributed by atoms with Crippen molar-refractivity contribution >= 4 is 14.6 Å². The number of ketones is 1. The Morgan fingerprint density at radius 2 is 1.53 bits per heavy atom. The summed E-state index contributed by atoms with van der Waals surface area (Å²) in [6, 6.07) is 0.818. The molecule has 102 valence electrons. The normalized spacial score (nSPS) is 11.8. The van der Waals surface area contributed by atoms with Gasteiger partial charge in [-0.3, -0.25) is 4.79 Å². The van der Waals surface area contributed by atoms with Gasteiger partial charge in [-0.1, -0.05) is 13.3 Å². The maximum Gasteiger partial charge on any atom is 0.500 e. The largest absolute Gasteiger partial charge is 0.500 e. The summed E-state index contributed by atoms with van der Waals surface area (Å²) in [6.07, 6.45) is 5.34. The van der Waals surface area contributed by atoms with E-state index in [1.54, 1.807) is 21.3 Å². The molecular formula is C12H26O4Si. The summed E-state index contributed by atoms with van der Waals surface area (Å²) in [5.41, 5.74) is 0. The highest BCUT2D eigenvalue weighted by atomic mass is 28.4. The summed E-state index contributed by atoms with van der Waals surface area (Å²) in [5.74, 6) is 0.376. The molecule has 0 aliphatic rings. The second-order valence-electron chi connectivity index (χ2n) is 4.14. The number of rotatable bonds is 11. The molecule has 17 heavy (non-hydrogen) atoms. The van der Waals surface area contributed by atoms with Crippen molar-refractivity contribution < 1.29 is 18.1 Å². The van der Waals surface area contributed by atoms with Crippen LogP contribution in [-0.4, -0.2) is 35.9 Å². The van der Waals surface area contributed by atoms with Gasteiger partial charge in [0.05, 0.1) is 0 Å². The molecule has 0 aromatic rings. The fourth-order valence-electron chi connectivity index (χ4n) is 1.80.